The number of carbonyl (C=O) groups excluding carboxylic acids is 3. The van der Waals surface area contributed by atoms with Crippen molar-refractivity contribution >= 4 is 34.8 Å². The van der Waals surface area contributed by atoms with Crippen molar-refractivity contribution in [3.8, 4) is 0 Å². The smallest absolute Gasteiger partial charge is 0.376 e. The number of anilines is 3. The quantitative estimate of drug-likeness (QED) is 0.268. The molecule has 0 saturated carbocycles. The molecular formula is C27H27F3N4O3. The first-order valence-electron chi connectivity index (χ1n) is 11.7. The molecule has 7 nitrogen and oxygen atoms in total. The van der Waals surface area contributed by atoms with Crippen molar-refractivity contribution in [2.24, 2.45) is 0 Å². The highest BCUT2D eigenvalue weighted by molar-refractivity contribution is 6.05. The lowest BCUT2D eigenvalue weighted by atomic mass is 10.1. The van der Waals surface area contributed by atoms with Crippen molar-refractivity contribution in [3.05, 3.63) is 89.5 Å². The van der Waals surface area contributed by atoms with Gasteiger partial charge in [-0.3, -0.25) is 14.4 Å². The van der Waals surface area contributed by atoms with Crippen molar-refractivity contribution in [1.82, 2.24) is 5.32 Å². The van der Waals surface area contributed by atoms with Crippen molar-refractivity contribution in [3.63, 3.8) is 0 Å². The topological polar surface area (TPSA) is 99.3 Å². The van der Waals surface area contributed by atoms with Gasteiger partial charge in [-0.15, -0.1) is 0 Å². The number of unbranched alkanes of at least 4 members (excludes halogenated alkanes) is 1. The molecule has 0 aliphatic carbocycles. The molecule has 0 bridgehead atoms. The Morgan fingerprint density at radius 3 is 2.03 bits per heavy atom. The van der Waals surface area contributed by atoms with Crippen LogP contribution in [-0.2, 0) is 11.0 Å². The lowest BCUT2D eigenvalue weighted by Crippen LogP contribution is -2.25. The largest absolute Gasteiger partial charge is 0.416 e. The van der Waals surface area contributed by atoms with E-state index in [4.69, 9.17) is 0 Å². The first-order valence-corrected chi connectivity index (χ1v) is 11.7. The van der Waals surface area contributed by atoms with Crippen LogP contribution < -0.4 is 21.3 Å². The molecule has 37 heavy (non-hydrogen) atoms. The minimum absolute atomic E-state index is 0.000241. The van der Waals surface area contributed by atoms with Gasteiger partial charge in [0.1, 0.15) is 0 Å². The molecule has 4 N–H and O–H groups in total. The van der Waals surface area contributed by atoms with E-state index >= 15 is 0 Å². The number of nitrogens with one attached hydrogen (secondary N) is 4. The first-order chi connectivity index (χ1) is 17.7. The number of alkyl halides is 3. The standard InChI is InChI=1S/C27H27F3N4O3/c1-2-3-13-31-25(36)18-7-4-10-21(14-18)32-17-24(35)33-22-11-5-8-19(15-22)26(37)34-23-12-6-9-20(16-23)27(28,29)30/h4-12,14-16,32H,2-3,13,17H2,1H3,(H,31,36)(H,33,35)(H,34,37). The monoisotopic (exact) mass is 512 g/mol. The summed E-state index contributed by atoms with van der Waals surface area (Å²) in [7, 11) is 0. The Morgan fingerprint density at radius 2 is 1.35 bits per heavy atom. The zero-order chi connectivity index (χ0) is 26.8. The van der Waals surface area contributed by atoms with Gasteiger partial charge < -0.3 is 21.3 Å². The molecule has 194 valence electrons. The van der Waals surface area contributed by atoms with E-state index < -0.39 is 23.6 Å². The number of rotatable bonds is 10. The number of carbonyl (C=O) groups is 3. The van der Waals surface area contributed by atoms with E-state index in [9.17, 15) is 27.6 Å². The number of amides is 3. The Hall–Kier alpha value is -4.34. The van der Waals surface area contributed by atoms with E-state index in [1.54, 1.807) is 36.4 Å². The normalized spacial score (nSPS) is 10.9. The van der Waals surface area contributed by atoms with Gasteiger partial charge in [-0.1, -0.05) is 31.5 Å². The first kappa shape index (κ1) is 27.3. The predicted octanol–water partition coefficient (Wildman–Crippen LogP) is 5.54. The number of halogens is 3. The Bertz CT molecular complexity index is 1260. The van der Waals surface area contributed by atoms with Gasteiger partial charge in [0.25, 0.3) is 11.8 Å². The fourth-order valence-electron chi connectivity index (χ4n) is 3.35. The highest BCUT2D eigenvalue weighted by atomic mass is 19.4. The van der Waals surface area contributed by atoms with Crippen molar-refractivity contribution in [2.75, 3.05) is 29.0 Å². The Kier molecular flexibility index (Phi) is 9.26. The fraction of sp³-hybridized carbons (Fsp3) is 0.222. The van der Waals surface area contributed by atoms with Gasteiger partial charge in [-0.05, 0) is 61.0 Å². The van der Waals surface area contributed by atoms with Crippen LogP contribution in [0.2, 0.25) is 0 Å². The minimum Gasteiger partial charge on any atom is -0.376 e. The van der Waals surface area contributed by atoms with Crippen LogP contribution in [0.5, 0.6) is 0 Å². The summed E-state index contributed by atoms with van der Waals surface area (Å²) in [5, 5.41) is 10.9. The maximum absolute atomic E-state index is 12.9. The van der Waals surface area contributed by atoms with Crippen molar-refractivity contribution in [1.29, 1.82) is 0 Å². The average molecular weight is 513 g/mol. The van der Waals surface area contributed by atoms with Crippen LogP contribution in [0.25, 0.3) is 0 Å². The lowest BCUT2D eigenvalue weighted by molar-refractivity contribution is -0.137. The molecule has 3 amide bonds. The zero-order valence-electron chi connectivity index (χ0n) is 20.1. The number of hydrogen-bond donors (Lipinski definition) is 4. The molecule has 0 fully saturated rings. The Balaban J connectivity index is 1.56. The lowest BCUT2D eigenvalue weighted by Gasteiger charge is -2.11. The summed E-state index contributed by atoms with van der Waals surface area (Å²) in [6.45, 7) is 2.53. The average Bonchev–Trinajstić information content (AvgIpc) is 2.87. The van der Waals surface area contributed by atoms with Crippen LogP contribution >= 0.6 is 0 Å². The maximum Gasteiger partial charge on any atom is 0.416 e. The van der Waals surface area contributed by atoms with Gasteiger partial charge in [0.15, 0.2) is 0 Å². The van der Waals surface area contributed by atoms with Gasteiger partial charge in [-0.25, -0.2) is 0 Å². The third-order valence-corrected chi connectivity index (χ3v) is 5.25. The summed E-state index contributed by atoms with van der Waals surface area (Å²) < 4.78 is 38.7. The molecule has 10 heteroatoms. The van der Waals surface area contributed by atoms with Crippen LogP contribution in [0, 0.1) is 0 Å². The molecule has 3 aromatic carbocycles. The Labute approximate surface area is 212 Å². The molecule has 0 atom stereocenters. The molecule has 0 aliphatic rings. The van der Waals surface area contributed by atoms with Gasteiger partial charge in [0.2, 0.25) is 5.91 Å². The summed E-state index contributed by atoms with van der Waals surface area (Å²) in [5.41, 5.74) is 0.687. The molecule has 3 aromatic rings. The summed E-state index contributed by atoms with van der Waals surface area (Å²) >= 11 is 0. The van der Waals surface area contributed by atoms with Crippen LogP contribution in [-0.4, -0.2) is 30.8 Å². The van der Waals surface area contributed by atoms with E-state index in [0.717, 1.165) is 25.0 Å². The van der Waals surface area contributed by atoms with Crippen LogP contribution in [0.15, 0.2) is 72.8 Å². The molecule has 0 aliphatic heterocycles. The van der Waals surface area contributed by atoms with E-state index in [1.807, 2.05) is 6.92 Å². The van der Waals surface area contributed by atoms with Crippen LogP contribution in [0.1, 0.15) is 46.0 Å². The summed E-state index contributed by atoms with van der Waals surface area (Å²) in [6.07, 6.45) is -2.67. The molecule has 0 saturated heterocycles. The van der Waals surface area contributed by atoms with E-state index in [1.165, 1.54) is 24.3 Å². The molecule has 0 spiro atoms. The second-order valence-electron chi connectivity index (χ2n) is 8.21. The van der Waals surface area contributed by atoms with Gasteiger partial charge in [0, 0.05) is 34.7 Å². The van der Waals surface area contributed by atoms with Gasteiger partial charge >= 0.3 is 6.18 Å². The third kappa shape index (κ3) is 8.38. The maximum atomic E-state index is 12.9. The fourth-order valence-corrected chi connectivity index (χ4v) is 3.35. The zero-order valence-corrected chi connectivity index (χ0v) is 20.1. The van der Waals surface area contributed by atoms with Crippen LogP contribution in [0.4, 0.5) is 30.2 Å². The summed E-state index contributed by atoms with van der Waals surface area (Å²) in [4.78, 5) is 37.2. The Morgan fingerprint density at radius 1 is 0.757 bits per heavy atom. The van der Waals surface area contributed by atoms with Gasteiger partial charge in [-0.2, -0.15) is 13.2 Å². The molecule has 0 unspecified atom stereocenters. The summed E-state index contributed by atoms with van der Waals surface area (Å²) in [5.74, 6) is -1.21. The third-order valence-electron chi connectivity index (χ3n) is 5.25. The highest BCUT2D eigenvalue weighted by Gasteiger charge is 2.30. The van der Waals surface area contributed by atoms with E-state index in [2.05, 4.69) is 21.3 Å². The SMILES string of the molecule is CCCCNC(=O)c1cccc(NCC(=O)Nc2cccc(C(=O)Nc3cccc(C(F)(F)F)c3)c2)c1. The second kappa shape index (κ2) is 12.6. The van der Waals surface area contributed by atoms with Gasteiger partial charge in [0.05, 0.1) is 12.1 Å². The molecule has 0 aromatic heterocycles. The van der Waals surface area contributed by atoms with Crippen LogP contribution in [0.3, 0.4) is 0 Å². The van der Waals surface area contributed by atoms with E-state index in [0.29, 0.717) is 23.5 Å². The number of benzene rings is 3. The van der Waals surface area contributed by atoms with Crippen molar-refractivity contribution < 1.29 is 27.6 Å². The molecular weight excluding hydrogens is 485 g/mol. The van der Waals surface area contributed by atoms with Crippen molar-refractivity contribution in [2.45, 2.75) is 25.9 Å². The van der Waals surface area contributed by atoms with E-state index in [-0.39, 0.29) is 23.7 Å². The number of hydrogen-bond acceptors (Lipinski definition) is 4. The molecule has 3 rings (SSSR count). The predicted molar refractivity (Wildman–Crippen MR) is 137 cm³/mol. The molecule has 0 radical (unpaired) electrons. The minimum atomic E-state index is -4.53. The highest BCUT2D eigenvalue weighted by Crippen LogP contribution is 2.30. The summed E-state index contributed by atoms with van der Waals surface area (Å²) in [6, 6.07) is 17.1. The molecule has 0 heterocycles. The second-order valence-corrected chi connectivity index (χ2v) is 8.21.